The molecule has 0 radical (unpaired) electrons. The van der Waals surface area contributed by atoms with Gasteiger partial charge in [0.25, 0.3) is 0 Å². The summed E-state index contributed by atoms with van der Waals surface area (Å²) in [6.45, 7) is 11.6. The number of aryl methyl sites for hydroxylation is 1. The number of imidazole rings is 2. The number of benzene rings is 1. The molecule has 3 aromatic heterocycles. The summed E-state index contributed by atoms with van der Waals surface area (Å²) in [4.78, 5) is 23.3. The highest BCUT2D eigenvalue weighted by atomic mass is 16.6. The van der Waals surface area contributed by atoms with Gasteiger partial charge >= 0.3 is 0 Å². The average Bonchev–Trinajstić information content (AvgIpc) is 3.58. The van der Waals surface area contributed by atoms with Gasteiger partial charge in [0.2, 0.25) is 0 Å². The summed E-state index contributed by atoms with van der Waals surface area (Å²) < 4.78 is 7.86. The van der Waals surface area contributed by atoms with Gasteiger partial charge < -0.3 is 25.7 Å². The topological polar surface area (TPSA) is 151 Å². The van der Waals surface area contributed by atoms with E-state index in [1.807, 2.05) is 0 Å². The Balaban J connectivity index is 1.06. The predicted octanol–water partition coefficient (Wildman–Crippen LogP) is 3.32. The lowest BCUT2D eigenvalue weighted by molar-refractivity contribution is -0.0620. The Morgan fingerprint density at radius 1 is 1.15 bits per heavy atom. The van der Waals surface area contributed by atoms with E-state index in [2.05, 4.69) is 77.7 Å². The third-order valence-corrected chi connectivity index (χ3v) is 8.92. The second-order valence-electron chi connectivity index (χ2n) is 13.1. The number of hydrogen-bond donors (Lipinski definition) is 4. The number of aromatic amines is 1. The van der Waals surface area contributed by atoms with Crippen LogP contribution in [0.15, 0.2) is 30.9 Å². The lowest BCUT2D eigenvalue weighted by atomic mass is 9.76. The van der Waals surface area contributed by atoms with E-state index in [0.717, 1.165) is 42.5 Å². The number of fused-ring (bicyclic) bond motifs is 2. The number of nitrogens with zero attached hydrogens (tertiary/aromatic N) is 6. The SMILES string of the molecule is CC(C)N(C[C@@H]1O[C@H](n2cnc3c(N)ncnc32)[C@@H](O)[C@@H]1O)C1CC(CCc2nc3ccc(C(C)(C)C)cc3[nH]2)C1. The van der Waals surface area contributed by atoms with E-state index in [-0.39, 0.29) is 17.3 Å². The van der Waals surface area contributed by atoms with Gasteiger partial charge in [-0.3, -0.25) is 9.47 Å². The Morgan fingerprint density at radius 3 is 2.66 bits per heavy atom. The smallest absolute Gasteiger partial charge is 0.167 e. The molecule has 2 aliphatic rings. The molecule has 11 nitrogen and oxygen atoms in total. The number of rotatable bonds is 8. The fraction of sp³-hybridized carbons (Fsp3) is 0.600. The summed E-state index contributed by atoms with van der Waals surface area (Å²) in [6, 6.07) is 7.22. The zero-order valence-electron chi connectivity index (χ0n) is 24.5. The fourth-order valence-corrected chi connectivity index (χ4v) is 6.35. The summed E-state index contributed by atoms with van der Waals surface area (Å²) >= 11 is 0. The van der Waals surface area contributed by atoms with Gasteiger partial charge in [0.15, 0.2) is 17.7 Å². The second kappa shape index (κ2) is 10.6. The third-order valence-electron chi connectivity index (χ3n) is 8.92. The fourth-order valence-electron chi connectivity index (χ4n) is 6.35. The number of hydrogen-bond acceptors (Lipinski definition) is 9. The lowest BCUT2D eigenvalue weighted by Crippen LogP contribution is -2.52. The first-order chi connectivity index (χ1) is 19.5. The molecule has 11 heteroatoms. The Kier molecular flexibility index (Phi) is 7.25. The van der Waals surface area contributed by atoms with E-state index < -0.39 is 24.5 Å². The number of nitrogens with two attached hydrogens (primary N) is 1. The van der Waals surface area contributed by atoms with Crippen molar-refractivity contribution in [1.82, 2.24) is 34.4 Å². The molecule has 1 saturated carbocycles. The zero-order valence-corrected chi connectivity index (χ0v) is 24.5. The van der Waals surface area contributed by atoms with Crippen LogP contribution in [-0.4, -0.2) is 81.5 Å². The normalized spacial score (nSPS) is 27.0. The maximum atomic E-state index is 10.9. The molecular weight excluding hydrogens is 520 g/mol. The van der Waals surface area contributed by atoms with E-state index >= 15 is 0 Å². The first-order valence-corrected chi connectivity index (χ1v) is 14.7. The molecule has 0 spiro atoms. The molecule has 1 aromatic carbocycles. The number of aliphatic hydroxyl groups excluding tert-OH is 2. The van der Waals surface area contributed by atoms with Crippen LogP contribution in [0.2, 0.25) is 0 Å². The summed E-state index contributed by atoms with van der Waals surface area (Å²) in [6.07, 6.45) is 3.63. The highest BCUT2D eigenvalue weighted by Crippen LogP contribution is 2.38. The Labute approximate surface area is 240 Å². The van der Waals surface area contributed by atoms with Crippen molar-refractivity contribution in [3.8, 4) is 0 Å². The minimum Gasteiger partial charge on any atom is -0.387 e. The van der Waals surface area contributed by atoms with E-state index in [9.17, 15) is 10.2 Å². The Hall–Kier alpha value is -3.12. The van der Waals surface area contributed by atoms with Crippen molar-refractivity contribution in [2.24, 2.45) is 5.92 Å². The number of H-pyrrole nitrogens is 1. The molecule has 0 bridgehead atoms. The van der Waals surface area contributed by atoms with Gasteiger partial charge in [0.05, 0.1) is 17.4 Å². The molecule has 0 amide bonds. The number of ether oxygens (including phenoxy) is 1. The van der Waals surface area contributed by atoms with Gasteiger partial charge in [0.1, 0.15) is 36.0 Å². The van der Waals surface area contributed by atoms with Crippen LogP contribution in [0.4, 0.5) is 5.82 Å². The molecular formula is C30H42N8O3. The molecule has 0 unspecified atom stereocenters. The van der Waals surface area contributed by atoms with Gasteiger partial charge in [0, 0.05) is 25.0 Å². The summed E-state index contributed by atoms with van der Waals surface area (Å²) in [5.41, 5.74) is 10.4. The zero-order chi connectivity index (χ0) is 29.1. The maximum Gasteiger partial charge on any atom is 0.167 e. The molecule has 4 heterocycles. The van der Waals surface area contributed by atoms with E-state index in [0.29, 0.717) is 29.7 Å². The number of nitrogen functional groups attached to an aromatic ring is 1. The number of aromatic nitrogens is 6. The minimum absolute atomic E-state index is 0.110. The van der Waals surface area contributed by atoms with Gasteiger partial charge in [-0.1, -0.05) is 26.8 Å². The maximum absolute atomic E-state index is 10.9. The van der Waals surface area contributed by atoms with Crippen LogP contribution in [0, 0.1) is 5.92 Å². The van der Waals surface area contributed by atoms with E-state index in [4.69, 9.17) is 15.5 Å². The minimum atomic E-state index is -1.11. The van der Waals surface area contributed by atoms with Gasteiger partial charge in [-0.05, 0) is 62.1 Å². The monoisotopic (exact) mass is 562 g/mol. The average molecular weight is 563 g/mol. The van der Waals surface area contributed by atoms with Gasteiger partial charge in [-0.15, -0.1) is 0 Å². The molecule has 5 N–H and O–H groups in total. The van der Waals surface area contributed by atoms with Crippen LogP contribution in [0.25, 0.3) is 22.2 Å². The molecule has 4 aromatic rings. The predicted molar refractivity (Wildman–Crippen MR) is 157 cm³/mol. The summed E-state index contributed by atoms with van der Waals surface area (Å²) in [7, 11) is 0. The first kappa shape index (κ1) is 28.0. The molecule has 1 saturated heterocycles. The second-order valence-corrected chi connectivity index (χ2v) is 13.1. The van der Waals surface area contributed by atoms with Crippen molar-refractivity contribution < 1.29 is 14.9 Å². The molecule has 41 heavy (non-hydrogen) atoms. The van der Waals surface area contributed by atoms with Crippen molar-refractivity contribution in [3.05, 3.63) is 42.2 Å². The summed E-state index contributed by atoms with van der Waals surface area (Å²) in [5.74, 6) is 1.95. The molecule has 6 rings (SSSR count). The van der Waals surface area contributed by atoms with Crippen LogP contribution in [-0.2, 0) is 16.6 Å². The van der Waals surface area contributed by atoms with Gasteiger partial charge in [-0.2, -0.15) is 0 Å². The quantitative estimate of drug-likeness (QED) is 0.253. The van der Waals surface area contributed by atoms with Crippen LogP contribution in [0.3, 0.4) is 0 Å². The molecule has 220 valence electrons. The van der Waals surface area contributed by atoms with Crippen molar-refractivity contribution in [1.29, 1.82) is 0 Å². The van der Waals surface area contributed by atoms with Crippen molar-refractivity contribution in [3.63, 3.8) is 0 Å². The van der Waals surface area contributed by atoms with Crippen LogP contribution in [0.1, 0.15) is 71.5 Å². The van der Waals surface area contributed by atoms with Crippen LogP contribution in [0.5, 0.6) is 0 Å². The highest BCUT2D eigenvalue weighted by Gasteiger charge is 2.46. The Bertz CT molecular complexity index is 1520. The third kappa shape index (κ3) is 5.31. The number of nitrogens with one attached hydrogen (secondary N) is 1. The van der Waals surface area contributed by atoms with Crippen LogP contribution >= 0.6 is 0 Å². The van der Waals surface area contributed by atoms with Crippen molar-refractivity contribution >= 4 is 28.0 Å². The highest BCUT2D eigenvalue weighted by molar-refractivity contribution is 5.81. The number of anilines is 1. The standard InChI is InChI=1S/C30H42N8O3/c1-16(2)37(13-22-25(39)26(40)29(41-22)38-15-34-24-27(31)32-14-33-28(24)38)19-10-17(11-19)6-9-23-35-20-8-7-18(30(3,4)5)12-21(20)36-23/h7-8,12,14-17,19,22,25-26,29,39-40H,6,9-11,13H2,1-5H3,(H,35,36)(H2,31,32,33)/t17?,19?,22-,25+,26-,29-/m0/s1. The molecule has 2 fully saturated rings. The molecule has 1 aliphatic carbocycles. The van der Waals surface area contributed by atoms with Crippen LogP contribution < -0.4 is 5.73 Å². The molecule has 4 atom stereocenters. The summed E-state index contributed by atoms with van der Waals surface area (Å²) in [5, 5.41) is 21.8. The molecule has 1 aliphatic heterocycles. The van der Waals surface area contributed by atoms with Crippen molar-refractivity contribution in [2.45, 2.75) is 102 Å². The lowest BCUT2D eigenvalue weighted by Gasteiger charge is -2.46. The number of aliphatic hydroxyl groups is 2. The first-order valence-electron chi connectivity index (χ1n) is 14.7. The van der Waals surface area contributed by atoms with E-state index in [1.54, 1.807) is 4.57 Å². The van der Waals surface area contributed by atoms with Gasteiger partial charge in [-0.25, -0.2) is 19.9 Å². The largest absolute Gasteiger partial charge is 0.387 e. The van der Waals surface area contributed by atoms with E-state index in [1.165, 1.54) is 18.2 Å². The Morgan fingerprint density at radius 2 is 1.93 bits per heavy atom. The van der Waals surface area contributed by atoms with Crippen molar-refractivity contribution in [2.75, 3.05) is 12.3 Å².